The Hall–Kier alpha value is -4.85. The normalized spacial score (nSPS) is 11.5. The van der Waals surface area contributed by atoms with Crippen LogP contribution < -0.4 is 10.3 Å². The average molecular weight is 602 g/mol. The van der Waals surface area contributed by atoms with E-state index >= 15 is 0 Å². The number of aromatic nitrogens is 9. The third kappa shape index (κ3) is 7.15. The summed E-state index contributed by atoms with van der Waals surface area (Å²) >= 11 is 0. The molecule has 43 heavy (non-hydrogen) atoms. The van der Waals surface area contributed by atoms with Crippen molar-refractivity contribution in [2.75, 3.05) is 18.6 Å². The fourth-order valence-electron chi connectivity index (χ4n) is 4.56. The van der Waals surface area contributed by atoms with E-state index in [0.717, 1.165) is 47.2 Å². The van der Waals surface area contributed by atoms with Gasteiger partial charge in [0.1, 0.15) is 12.4 Å². The van der Waals surface area contributed by atoms with Gasteiger partial charge in [0.05, 0.1) is 29.5 Å². The lowest BCUT2D eigenvalue weighted by Gasteiger charge is -2.15. The minimum absolute atomic E-state index is 0.0200. The van der Waals surface area contributed by atoms with Gasteiger partial charge in [0.25, 0.3) is 5.56 Å². The number of rotatable bonds is 12. The summed E-state index contributed by atoms with van der Waals surface area (Å²) in [5.41, 5.74) is 4.29. The fourth-order valence-corrected chi connectivity index (χ4v) is 4.95. The van der Waals surface area contributed by atoms with E-state index in [9.17, 15) is 13.2 Å². The van der Waals surface area contributed by atoms with Gasteiger partial charge in [-0.1, -0.05) is 43.7 Å². The molecular weight excluding hydrogens is 570 g/mol. The van der Waals surface area contributed by atoms with E-state index < -0.39 is 9.84 Å². The van der Waals surface area contributed by atoms with Crippen LogP contribution >= 0.6 is 0 Å². The molecule has 0 aliphatic rings. The maximum Gasteiger partial charge on any atom is 0.264 e. The summed E-state index contributed by atoms with van der Waals surface area (Å²) in [6.45, 7) is 3.82. The Bertz CT molecular complexity index is 1860. The average Bonchev–Trinajstić information content (AvgIpc) is 3.53. The van der Waals surface area contributed by atoms with Gasteiger partial charge in [-0.15, -0.1) is 10.2 Å². The number of hydrogen-bond acceptors (Lipinski definition) is 11. The second-order valence-corrected chi connectivity index (χ2v) is 12.3. The maximum atomic E-state index is 13.9. The van der Waals surface area contributed by atoms with Gasteiger partial charge in [-0.2, -0.15) is 5.21 Å². The number of sulfone groups is 1. The lowest BCUT2D eigenvalue weighted by atomic mass is 10.0. The highest BCUT2D eigenvalue weighted by molar-refractivity contribution is 7.90. The van der Waals surface area contributed by atoms with Crippen molar-refractivity contribution < 1.29 is 13.2 Å². The number of tetrazole rings is 1. The number of aryl methyl sites for hydroxylation is 2. The number of aromatic amines is 1. The molecule has 0 amide bonds. The fraction of sp³-hybridized carbons (Fsp3) is 0.310. The number of hydrogen-bond donors (Lipinski definition) is 1. The van der Waals surface area contributed by atoms with Crippen molar-refractivity contribution >= 4 is 9.84 Å². The zero-order chi connectivity index (χ0) is 30.4. The number of nitrogens with one attached hydrogen (secondary N) is 1. The van der Waals surface area contributed by atoms with Crippen LogP contribution in [0.3, 0.4) is 0 Å². The Balaban J connectivity index is 1.44. The summed E-state index contributed by atoms with van der Waals surface area (Å²) in [6, 6.07) is 11.5. The molecule has 5 rings (SSSR count). The number of benzene rings is 1. The molecule has 1 aromatic carbocycles. The number of ether oxygens (including phenoxy) is 1. The Labute approximate surface area is 248 Å². The van der Waals surface area contributed by atoms with Gasteiger partial charge in [-0.25, -0.2) is 27.9 Å². The minimum Gasteiger partial charge on any atom is -0.489 e. The van der Waals surface area contributed by atoms with Crippen molar-refractivity contribution in [3.8, 4) is 34.3 Å². The summed E-state index contributed by atoms with van der Waals surface area (Å²) in [5, 5.41) is 14.3. The standard InChI is InChI=1S/C29H31N9O4S/c1-4-5-10-26-24(15-20-11-12-25(30-16-20)22-8-6-7-9-23(22)27-34-36-37-35-27)28(39)38(19(2)33-26)29-31-17-21(18-32-29)42-13-14-43(3,40)41/h6-9,11-12,16-18H,4-5,10,13-15H2,1-3H3,(H,34,35,36,37). The van der Waals surface area contributed by atoms with Crippen molar-refractivity contribution in [3.63, 3.8) is 0 Å². The zero-order valence-corrected chi connectivity index (χ0v) is 24.9. The monoisotopic (exact) mass is 601 g/mol. The second-order valence-electron chi connectivity index (χ2n) is 10.0. The summed E-state index contributed by atoms with van der Waals surface area (Å²) in [6.07, 6.45) is 8.58. The summed E-state index contributed by atoms with van der Waals surface area (Å²) in [4.78, 5) is 32.0. The van der Waals surface area contributed by atoms with Gasteiger partial charge in [0.2, 0.25) is 11.8 Å². The Morgan fingerprint density at radius 1 is 1.00 bits per heavy atom. The summed E-state index contributed by atoms with van der Waals surface area (Å²) in [5.74, 6) is 1.28. The van der Waals surface area contributed by atoms with Crippen molar-refractivity contribution in [2.24, 2.45) is 0 Å². The molecule has 14 heteroatoms. The number of pyridine rings is 1. The predicted octanol–water partition coefficient (Wildman–Crippen LogP) is 2.93. The molecule has 0 radical (unpaired) electrons. The number of H-pyrrole nitrogens is 1. The lowest BCUT2D eigenvalue weighted by Crippen LogP contribution is -2.29. The van der Waals surface area contributed by atoms with Gasteiger partial charge in [-0.3, -0.25) is 9.78 Å². The van der Waals surface area contributed by atoms with E-state index in [2.05, 4.69) is 37.5 Å². The first kappa shape index (κ1) is 29.6. The van der Waals surface area contributed by atoms with Crippen LogP contribution in [0.15, 0.2) is 59.8 Å². The highest BCUT2D eigenvalue weighted by atomic mass is 32.2. The summed E-state index contributed by atoms with van der Waals surface area (Å²) in [7, 11) is -3.16. The Morgan fingerprint density at radius 3 is 2.42 bits per heavy atom. The van der Waals surface area contributed by atoms with Gasteiger partial charge >= 0.3 is 0 Å². The molecule has 0 unspecified atom stereocenters. The molecule has 0 aliphatic heterocycles. The Kier molecular flexibility index (Phi) is 8.95. The van der Waals surface area contributed by atoms with E-state index in [0.29, 0.717) is 35.8 Å². The first-order valence-electron chi connectivity index (χ1n) is 13.8. The molecule has 0 fully saturated rings. The first-order valence-corrected chi connectivity index (χ1v) is 15.8. The van der Waals surface area contributed by atoms with Crippen LogP contribution in [0.1, 0.15) is 42.4 Å². The third-order valence-electron chi connectivity index (χ3n) is 6.73. The van der Waals surface area contributed by atoms with E-state index in [1.54, 1.807) is 13.1 Å². The molecule has 4 aromatic heterocycles. The van der Waals surface area contributed by atoms with E-state index in [1.807, 2.05) is 36.4 Å². The first-order chi connectivity index (χ1) is 20.7. The highest BCUT2D eigenvalue weighted by Crippen LogP contribution is 2.28. The molecule has 0 aliphatic carbocycles. The van der Waals surface area contributed by atoms with Crippen molar-refractivity contribution in [3.05, 3.63) is 88.0 Å². The van der Waals surface area contributed by atoms with Crippen LogP contribution in [0.2, 0.25) is 0 Å². The SMILES string of the molecule is CCCCc1nc(C)n(-c2ncc(OCCS(C)(=O)=O)cn2)c(=O)c1Cc1ccc(-c2ccccc2-c2nn[nH]n2)nc1. The number of unbranched alkanes of at least 4 members (excludes halogenated alkanes) is 1. The molecule has 0 atom stereocenters. The molecular formula is C29H31N9O4S. The molecule has 0 saturated carbocycles. The minimum atomic E-state index is -3.16. The van der Waals surface area contributed by atoms with E-state index in [1.165, 1.54) is 17.0 Å². The lowest BCUT2D eigenvalue weighted by molar-refractivity contribution is 0.338. The smallest absolute Gasteiger partial charge is 0.264 e. The largest absolute Gasteiger partial charge is 0.489 e. The van der Waals surface area contributed by atoms with Gasteiger partial charge < -0.3 is 4.74 Å². The van der Waals surface area contributed by atoms with Crippen LogP contribution in [0, 0.1) is 6.92 Å². The zero-order valence-electron chi connectivity index (χ0n) is 24.1. The molecule has 222 valence electrons. The Morgan fingerprint density at radius 2 is 1.77 bits per heavy atom. The molecule has 0 saturated heterocycles. The third-order valence-corrected chi connectivity index (χ3v) is 7.64. The molecule has 0 spiro atoms. The van der Waals surface area contributed by atoms with Crippen molar-refractivity contribution in [2.45, 2.75) is 39.5 Å². The summed E-state index contributed by atoms with van der Waals surface area (Å²) < 4.78 is 29.6. The van der Waals surface area contributed by atoms with Crippen LogP contribution in [0.5, 0.6) is 5.75 Å². The molecule has 4 heterocycles. The van der Waals surface area contributed by atoms with Crippen LogP contribution in [0.25, 0.3) is 28.6 Å². The van der Waals surface area contributed by atoms with Gasteiger partial charge in [0.15, 0.2) is 15.6 Å². The molecule has 1 N–H and O–H groups in total. The van der Waals surface area contributed by atoms with Crippen LogP contribution in [0.4, 0.5) is 0 Å². The molecule has 5 aromatic rings. The topological polar surface area (TPSA) is 171 Å². The quantitative estimate of drug-likeness (QED) is 0.223. The van der Waals surface area contributed by atoms with Crippen LogP contribution in [-0.4, -0.2) is 72.2 Å². The highest BCUT2D eigenvalue weighted by Gasteiger charge is 2.19. The molecule has 0 bridgehead atoms. The van der Waals surface area contributed by atoms with E-state index in [4.69, 9.17) is 14.7 Å². The maximum absolute atomic E-state index is 13.9. The van der Waals surface area contributed by atoms with Gasteiger partial charge in [-0.05, 0) is 36.6 Å². The number of nitrogens with zero attached hydrogens (tertiary/aromatic N) is 8. The van der Waals surface area contributed by atoms with Crippen LogP contribution in [-0.2, 0) is 22.7 Å². The van der Waals surface area contributed by atoms with Crippen molar-refractivity contribution in [1.82, 2.24) is 45.1 Å². The van der Waals surface area contributed by atoms with E-state index in [-0.39, 0.29) is 23.9 Å². The second kappa shape index (κ2) is 13.0. The van der Waals surface area contributed by atoms with Crippen molar-refractivity contribution in [1.29, 1.82) is 0 Å². The predicted molar refractivity (Wildman–Crippen MR) is 160 cm³/mol. The molecule has 13 nitrogen and oxygen atoms in total. The van der Waals surface area contributed by atoms with Gasteiger partial charge in [0, 0.05) is 35.6 Å².